The standard InChI is InChI=1S/C24H36O5.C6H10BrNO/c1-5-15(3)24(27)29-21-11-14(2)10-17-7-6-16(4)20(23(17)21)9-8-19-12-18(25)13-22(26)28-19;7-8-5-3-1-2-4-6(8)9/h6-7,10,14-16,18-21,23,25H,5,8-9,11-13H2,1-4H3;1-5H2/t14-,15-,16-,18+,19+,20-,21-,23-;/m0./s1. The van der Waals surface area contributed by atoms with Crippen LogP contribution < -0.4 is 0 Å². The summed E-state index contributed by atoms with van der Waals surface area (Å²) >= 11 is 3.19. The van der Waals surface area contributed by atoms with Crippen molar-refractivity contribution in [1.29, 1.82) is 0 Å². The van der Waals surface area contributed by atoms with Gasteiger partial charge in [0.2, 0.25) is 5.91 Å². The second-order valence-electron chi connectivity index (χ2n) is 11.6. The lowest BCUT2D eigenvalue weighted by Gasteiger charge is -2.43. The Bertz CT molecular complexity index is 888. The zero-order chi connectivity index (χ0) is 27.8. The van der Waals surface area contributed by atoms with Gasteiger partial charge in [0.25, 0.3) is 0 Å². The molecule has 1 N–H and O–H groups in total. The lowest BCUT2D eigenvalue weighted by molar-refractivity contribution is -0.162. The first-order chi connectivity index (χ1) is 18.1. The second-order valence-corrected chi connectivity index (χ2v) is 12.5. The van der Waals surface area contributed by atoms with Crippen molar-refractivity contribution in [1.82, 2.24) is 3.93 Å². The topological polar surface area (TPSA) is 93.1 Å². The van der Waals surface area contributed by atoms with Gasteiger partial charge in [0.05, 0.1) is 34.6 Å². The summed E-state index contributed by atoms with van der Waals surface area (Å²) in [6.07, 6.45) is 13.8. The fraction of sp³-hybridized carbons (Fsp3) is 0.767. The Morgan fingerprint density at radius 3 is 2.68 bits per heavy atom. The molecule has 0 spiro atoms. The largest absolute Gasteiger partial charge is 0.462 e. The van der Waals surface area contributed by atoms with Crippen LogP contribution in [0.5, 0.6) is 0 Å². The van der Waals surface area contributed by atoms with E-state index >= 15 is 0 Å². The highest BCUT2D eigenvalue weighted by atomic mass is 79.9. The fourth-order valence-corrected chi connectivity index (χ4v) is 6.45. The van der Waals surface area contributed by atoms with Gasteiger partial charge in [0.15, 0.2) is 0 Å². The molecule has 0 aromatic carbocycles. The average Bonchev–Trinajstić information content (AvgIpc) is 3.05. The van der Waals surface area contributed by atoms with E-state index < -0.39 is 6.10 Å². The number of rotatable bonds is 6. The number of hydrogen-bond acceptors (Lipinski definition) is 6. The lowest BCUT2D eigenvalue weighted by atomic mass is 9.65. The van der Waals surface area contributed by atoms with E-state index in [-0.39, 0.29) is 48.3 Å². The summed E-state index contributed by atoms with van der Waals surface area (Å²) in [6.45, 7) is 9.20. The molecular weight excluding hydrogens is 550 g/mol. The van der Waals surface area contributed by atoms with Gasteiger partial charge in [-0.05, 0) is 61.9 Å². The number of allylic oxidation sites excluding steroid dienone is 3. The number of carbonyl (C=O) groups excluding carboxylic acids is 3. The predicted octanol–water partition coefficient (Wildman–Crippen LogP) is 5.89. The molecule has 0 bridgehead atoms. The van der Waals surface area contributed by atoms with Crippen molar-refractivity contribution >= 4 is 34.0 Å². The van der Waals surface area contributed by atoms with Gasteiger partial charge in [-0.2, -0.15) is 0 Å². The number of ether oxygens (including phenoxy) is 2. The highest BCUT2D eigenvalue weighted by molar-refractivity contribution is 9.07. The summed E-state index contributed by atoms with van der Waals surface area (Å²) < 4.78 is 13.1. The van der Waals surface area contributed by atoms with Crippen molar-refractivity contribution in [3.63, 3.8) is 0 Å². The van der Waals surface area contributed by atoms with Crippen LogP contribution in [0, 0.1) is 29.6 Å². The molecule has 4 rings (SSSR count). The number of esters is 2. The van der Waals surface area contributed by atoms with Gasteiger partial charge in [0.1, 0.15) is 12.2 Å². The van der Waals surface area contributed by atoms with Crippen molar-refractivity contribution in [2.24, 2.45) is 29.6 Å². The van der Waals surface area contributed by atoms with Crippen LogP contribution in [0.2, 0.25) is 0 Å². The fourth-order valence-electron chi connectivity index (χ4n) is 6.02. The molecule has 1 amide bonds. The highest BCUT2D eigenvalue weighted by Crippen LogP contribution is 2.45. The molecular formula is C30H46BrNO6. The Hall–Kier alpha value is -1.67. The van der Waals surface area contributed by atoms with Gasteiger partial charge < -0.3 is 14.6 Å². The second kappa shape index (κ2) is 14.6. The first-order valence-electron chi connectivity index (χ1n) is 14.5. The number of fused-ring (bicyclic) bond motifs is 1. The van der Waals surface area contributed by atoms with E-state index in [4.69, 9.17) is 9.47 Å². The van der Waals surface area contributed by atoms with Gasteiger partial charge in [0, 0.05) is 25.3 Å². The molecule has 2 saturated heterocycles. The lowest BCUT2D eigenvalue weighted by Crippen LogP contribution is -2.42. The third-order valence-electron chi connectivity index (χ3n) is 8.45. The Labute approximate surface area is 236 Å². The number of aliphatic hydroxyl groups is 1. The van der Waals surface area contributed by atoms with Crippen LogP contribution >= 0.6 is 16.1 Å². The Morgan fingerprint density at radius 2 is 1.97 bits per heavy atom. The van der Waals surface area contributed by atoms with Crippen LogP contribution in [0.4, 0.5) is 0 Å². The minimum Gasteiger partial charge on any atom is -0.462 e. The molecule has 38 heavy (non-hydrogen) atoms. The SMILES string of the molecule is CC[C@H](C)C(=O)O[C@H]1C[C@@H](C)C=C2C=C[C@H](C)[C@H](CC[C@@H]3C[C@@H](O)CC(=O)O3)[C@H]21.O=C1CCCCCN1Br. The third-order valence-corrected chi connectivity index (χ3v) is 9.20. The minimum atomic E-state index is -0.597. The molecule has 0 aromatic heterocycles. The van der Waals surface area contributed by atoms with Gasteiger partial charge >= 0.3 is 11.9 Å². The molecule has 7 nitrogen and oxygen atoms in total. The zero-order valence-electron chi connectivity index (χ0n) is 23.4. The van der Waals surface area contributed by atoms with Crippen molar-refractivity contribution < 1.29 is 29.0 Å². The molecule has 214 valence electrons. The van der Waals surface area contributed by atoms with Crippen LogP contribution in [-0.4, -0.2) is 51.7 Å². The van der Waals surface area contributed by atoms with Gasteiger partial charge in [-0.3, -0.25) is 18.3 Å². The predicted molar refractivity (Wildman–Crippen MR) is 150 cm³/mol. The van der Waals surface area contributed by atoms with Crippen molar-refractivity contribution in [2.45, 2.75) is 110 Å². The first-order valence-corrected chi connectivity index (χ1v) is 15.2. The Morgan fingerprint density at radius 1 is 1.21 bits per heavy atom. The number of carbonyl (C=O) groups is 3. The minimum absolute atomic E-state index is 0.0854. The maximum atomic E-state index is 12.5. The summed E-state index contributed by atoms with van der Waals surface area (Å²) in [5.41, 5.74) is 1.27. The maximum absolute atomic E-state index is 12.5. The number of nitrogens with zero attached hydrogens (tertiary/aromatic N) is 1. The monoisotopic (exact) mass is 595 g/mol. The van der Waals surface area contributed by atoms with E-state index in [0.717, 1.165) is 45.1 Å². The maximum Gasteiger partial charge on any atom is 0.308 e. The number of amides is 1. The average molecular weight is 597 g/mol. The normalized spacial score (nSPS) is 34.1. The third kappa shape index (κ3) is 8.67. The number of halogens is 1. The number of cyclic esters (lactones) is 1. The summed E-state index contributed by atoms with van der Waals surface area (Å²) in [4.78, 5) is 35.1. The van der Waals surface area contributed by atoms with Gasteiger partial charge in [-0.1, -0.05) is 52.3 Å². The van der Waals surface area contributed by atoms with E-state index in [1.807, 2.05) is 13.8 Å². The number of hydrogen-bond donors (Lipinski definition) is 1. The summed E-state index contributed by atoms with van der Waals surface area (Å²) in [5.74, 6) is 0.984. The van der Waals surface area contributed by atoms with E-state index in [9.17, 15) is 19.5 Å². The molecule has 0 radical (unpaired) electrons. The van der Waals surface area contributed by atoms with Crippen LogP contribution in [0.3, 0.4) is 0 Å². The van der Waals surface area contributed by atoms with Crippen molar-refractivity contribution in [3.05, 3.63) is 23.8 Å². The molecule has 0 aromatic rings. The van der Waals surface area contributed by atoms with E-state index in [0.29, 0.717) is 30.6 Å². The van der Waals surface area contributed by atoms with Crippen LogP contribution in [0.15, 0.2) is 23.8 Å². The van der Waals surface area contributed by atoms with Gasteiger partial charge in [-0.25, -0.2) is 0 Å². The zero-order valence-corrected chi connectivity index (χ0v) is 25.0. The molecule has 2 aliphatic carbocycles. The molecule has 2 heterocycles. The van der Waals surface area contributed by atoms with Crippen LogP contribution in [0.25, 0.3) is 0 Å². The van der Waals surface area contributed by atoms with E-state index in [1.54, 1.807) is 3.93 Å². The molecule has 0 unspecified atom stereocenters. The molecule has 8 atom stereocenters. The Kier molecular flexibility index (Phi) is 11.9. The smallest absolute Gasteiger partial charge is 0.308 e. The van der Waals surface area contributed by atoms with E-state index in [2.05, 4.69) is 48.2 Å². The molecule has 4 aliphatic rings. The number of aliphatic hydroxyl groups excluding tert-OH is 1. The van der Waals surface area contributed by atoms with Crippen LogP contribution in [0.1, 0.15) is 91.9 Å². The summed E-state index contributed by atoms with van der Waals surface area (Å²) in [7, 11) is 0. The molecule has 0 saturated carbocycles. The quantitative estimate of drug-likeness (QED) is 0.304. The first kappa shape index (κ1) is 30.9. The molecule has 8 heteroatoms. The van der Waals surface area contributed by atoms with Crippen molar-refractivity contribution in [2.75, 3.05) is 6.54 Å². The summed E-state index contributed by atoms with van der Waals surface area (Å²) in [5, 5.41) is 9.89. The van der Waals surface area contributed by atoms with Crippen molar-refractivity contribution in [3.8, 4) is 0 Å². The molecule has 2 aliphatic heterocycles. The molecule has 2 fully saturated rings. The van der Waals surface area contributed by atoms with Crippen LogP contribution in [-0.2, 0) is 23.9 Å². The summed E-state index contributed by atoms with van der Waals surface area (Å²) in [6, 6.07) is 0. The van der Waals surface area contributed by atoms with E-state index in [1.165, 1.54) is 12.0 Å². The Balaban J connectivity index is 0.000000375. The highest BCUT2D eigenvalue weighted by Gasteiger charge is 2.42. The van der Waals surface area contributed by atoms with Gasteiger partial charge in [-0.15, -0.1) is 0 Å².